The number of carbonyl (C=O) groups excluding carboxylic acids is 1. The van der Waals surface area contributed by atoms with Crippen LogP contribution in [0.2, 0.25) is 5.02 Å². The molecule has 1 rings (SSSR count). The molecule has 0 heterocycles. The lowest BCUT2D eigenvalue weighted by Gasteiger charge is -2.15. The SMILES string of the molecule is COC[C@@H](C)NC(=S)NNC(=O)/C=C/c1cccc(Cl)c1. The zero-order valence-corrected chi connectivity index (χ0v) is 13.4. The minimum atomic E-state index is -0.321. The number of hydrogen-bond acceptors (Lipinski definition) is 3. The summed E-state index contributed by atoms with van der Waals surface area (Å²) in [6, 6.07) is 7.24. The highest BCUT2D eigenvalue weighted by molar-refractivity contribution is 7.80. The molecule has 0 saturated heterocycles. The molecule has 7 heteroatoms. The van der Waals surface area contributed by atoms with E-state index in [0.717, 1.165) is 5.56 Å². The molecule has 0 aliphatic carbocycles. The molecule has 1 aromatic rings. The van der Waals surface area contributed by atoms with Gasteiger partial charge < -0.3 is 10.1 Å². The molecule has 0 unspecified atom stereocenters. The van der Waals surface area contributed by atoms with E-state index in [1.165, 1.54) is 6.08 Å². The Morgan fingerprint density at radius 3 is 2.90 bits per heavy atom. The Morgan fingerprint density at radius 2 is 2.24 bits per heavy atom. The number of ether oxygens (including phenoxy) is 1. The van der Waals surface area contributed by atoms with E-state index in [2.05, 4.69) is 16.2 Å². The number of thiocarbonyl (C=S) groups is 1. The van der Waals surface area contributed by atoms with Crippen LogP contribution in [0.3, 0.4) is 0 Å². The Kier molecular flexibility index (Phi) is 7.74. The lowest BCUT2D eigenvalue weighted by Crippen LogP contribution is -2.49. The number of hydrazine groups is 1. The first kappa shape index (κ1) is 17.4. The first-order chi connectivity index (χ1) is 10.0. The summed E-state index contributed by atoms with van der Waals surface area (Å²) in [6.45, 7) is 2.43. The second kappa shape index (κ2) is 9.33. The molecule has 1 aromatic carbocycles. The zero-order chi connectivity index (χ0) is 15.7. The molecule has 3 N–H and O–H groups in total. The van der Waals surface area contributed by atoms with Gasteiger partial charge in [0.2, 0.25) is 0 Å². The Bertz CT molecular complexity index is 523. The van der Waals surface area contributed by atoms with Crippen LogP contribution in [0.15, 0.2) is 30.3 Å². The van der Waals surface area contributed by atoms with E-state index in [9.17, 15) is 4.79 Å². The Balaban J connectivity index is 2.35. The zero-order valence-electron chi connectivity index (χ0n) is 11.9. The van der Waals surface area contributed by atoms with Gasteiger partial charge in [-0.05, 0) is 42.9 Å². The van der Waals surface area contributed by atoms with Gasteiger partial charge in [-0.15, -0.1) is 0 Å². The van der Waals surface area contributed by atoms with Gasteiger partial charge in [0.25, 0.3) is 5.91 Å². The molecule has 0 spiro atoms. The lowest BCUT2D eigenvalue weighted by molar-refractivity contribution is -0.116. The van der Waals surface area contributed by atoms with Crippen molar-refractivity contribution in [3.63, 3.8) is 0 Å². The van der Waals surface area contributed by atoms with Crippen LogP contribution in [0.4, 0.5) is 0 Å². The summed E-state index contributed by atoms with van der Waals surface area (Å²) in [5.74, 6) is -0.321. The fraction of sp³-hybridized carbons (Fsp3) is 0.286. The summed E-state index contributed by atoms with van der Waals surface area (Å²) in [4.78, 5) is 11.6. The largest absolute Gasteiger partial charge is 0.383 e. The molecule has 0 aliphatic heterocycles. The summed E-state index contributed by atoms with van der Waals surface area (Å²) in [6.07, 6.45) is 3.05. The van der Waals surface area contributed by atoms with Gasteiger partial charge in [0.1, 0.15) is 0 Å². The van der Waals surface area contributed by atoms with Gasteiger partial charge >= 0.3 is 0 Å². The summed E-state index contributed by atoms with van der Waals surface area (Å²) < 4.78 is 4.97. The number of rotatable bonds is 5. The van der Waals surface area contributed by atoms with E-state index in [-0.39, 0.29) is 11.9 Å². The summed E-state index contributed by atoms with van der Waals surface area (Å²) >= 11 is 10.9. The summed E-state index contributed by atoms with van der Waals surface area (Å²) in [7, 11) is 1.61. The van der Waals surface area contributed by atoms with Crippen LogP contribution < -0.4 is 16.2 Å². The maximum Gasteiger partial charge on any atom is 0.262 e. The van der Waals surface area contributed by atoms with Crippen molar-refractivity contribution in [3.05, 3.63) is 40.9 Å². The van der Waals surface area contributed by atoms with Crippen molar-refractivity contribution in [1.82, 2.24) is 16.2 Å². The number of carbonyl (C=O) groups is 1. The number of nitrogens with one attached hydrogen (secondary N) is 3. The van der Waals surface area contributed by atoms with Crippen molar-refractivity contribution in [1.29, 1.82) is 0 Å². The van der Waals surface area contributed by atoms with Crippen LogP contribution in [0.25, 0.3) is 6.08 Å². The molecule has 1 atom stereocenters. The second-order valence-corrected chi connectivity index (χ2v) is 5.18. The van der Waals surface area contributed by atoms with Crippen LogP contribution in [-0.4, -0.2) is 30.8 Å². The minimum Gasteiger partial charge on any atom is -0.383 e. The highest BCUT2D eigenvalue weighted by atomic mass is 35.5. The molecular weight excluding hydrogens is 310 g/mol. The number of amides is 1. The van der Waals surface area contributed by atoms with Crippen LogP contribution in [0.1, 0.15) is 12.5 Å². The second-order valence-electron chi connectivity index (χ2n) is 4.33. The number of halogens is 1. The first-order valence-electron chi connectivity index (χ1n) is 6.30. The maximum atomic E-state index is 11.6. The van der Waals surface area contributed by atoms with E-state index in [0.29, 0.717) is 16.7 Å². The van der Waals surface area contributed by atoms with Gasteiger partial charge in [-0.25, -0.2) is 0 Å². The molecule has 5 nitrogen and oxygen atoms in total. The smallest absolute Gasteiger partial charge is 0.262 e. The number of benzene rings is 1. The Labute approximate surface area is 134 Å². The van der Waals surface area contributed by atoms with Crippen LogP contribution in [-0.2, 0) is 9.53 Å². The van der Waals surface area contributed by atoms with Gasteiger partial charge in [-0.1, -0.05) is 23.7 Å². The van der Waals surface area contributed by atoms with E-state index in [1.54, 1.807) is 25.3 Å². The van der Waals surface area contributed by atoms with Gasteiger partial charge in [-0.2, -0.15) is 0 Å². The fourth-order valence-corrected chi connectivity index (χ4v) is 1.94. The molecule has 0 saturated carbocycles. The van der Waals surface area contributed by atoms with Crippen LogP contribution >= 0.6 is 23.8 Å². The van der Waals surface area contributed by atoms with Crippen molar-refractivity contribution >= 4 is 40.9 Å². The van der Waals surface area contributed by atoms with Crippen molar-refractivity contribution in [2.24, 2.45) is 0 Å². The Hall–Kier alpha value is -1.63. The average molecular weight is 328 g/mol. The summed E-state index contributed by atoms with van der Waals surface area (Å²) in [5.41, 5.74) is 5.91. The third-order valence-electron chi connectivity index (χ3n) is 2.37. The lowest BCUT2D eigenvalue weighted by atomic mass is 10.2. The van der Waals surface area contributed by atoms with Crippen molar-refractivity contribution in [2.45, 2.75) is 13.0 Å². The van der Waals surface area contributed by atoms with Gasteiger partial charge in [-0.3, -0.25) is 15.6 Å². The molecule has 0 bridgehead atoms. The van der Waals surface area contributed by atoms with Gasteiger partial charge in [0.15, 0.2) is 5.11 Å². The van der Waals surface area contributed by atoms with Crippen molar-refractivity contribution in [2.75, 3.05) is 13.7 Å². The topological polar surface area (TPSA) is 62.4 Å². The minimum absolute atomic E-state index is 0.0499. The van der Waals surface area contributed by atoms with E-state index < -0.39 is 0 Å². The molecule has 1 amide bonds. The molecule has 0 aliphatic rings. The first-order valence-corrected chi connectivity index (χ1v) is 7.09. The highest BCUT2D eigenvalue weighted by Crippen LogP contribution is 2.11. The predicted molar refractivity (Wildman–Crippen MR) is 88.8 cm³/mol. The molecule has 0 radical (unpaired) electrons. The third-order valence-corrected chi connectivity index (χ3v) is 2.82. The highest BCUT2D eigenvalue weighted by Gasteiger charge is 2.03. The van der Waals surface area contributed by atoms with E-state index in [4.69, 9.17) is 28.6 Å². The fourth-order valence-electron chi connectivity index (χ4n) is 1.49. The molecular formula is C14H18ClN3O2S. The average Bonchev–Trinajstić information content (AvgIpc) is 2.43. The Morgan fingerprint density at radius 1 is 1.48 bits per heavy atom. The monoisotopic (exact) mass is 327 g/mol. The normalized spacial score (nSPS) is 12.0. The van der Waals surface area contributed by atoms with E-state index >= 15 is 0 Å². The third kappa shape index (κ3) is 7.65. The van der Waals surface area contributed by atoms with Crippen molar-refractivity contribution < 1.29 is 9.53 Å². The maximum absolute atomic E-state index is 11.6. The van der Waals surface area contributed by atoms with Crippen LogP contribution in [0, 0.1) is 0 Å². The molecule has 0 aromatic heterocycles. The van der Waals surface area contributed by atoms with Crippen LogP contribution in [0.5, 0.6) is 0 Å². The standard InChI is InChI=1S/C14H18ClN3O2S/c1-10(9-20-2)16-14(21)18-17-13(19)7-6-11-4-3-5-12(15)8-11/h3-8,10H,9H2,1-2H3,(H,17,19)(H2,16,18,21)/b7-6+/t10-/m1/s1. The number of methoxy groups -OCH3 is 1. The molecule has 0 fully saturated rings. The van der Waals surface area contributed by atoms with Gasteiger partial charge in [0, 0.05) is 24.3 Å². The quantitative estimate of drug-likeness (QED) is 0.438. The predicted octanol–water partition coefficient (Wildman–Crippen LogP) is 1.88. The molecule has 114 valence electrons. The molecule has 21 heavy (non-hydrogen) atoms. The van der Waals surface area contributed by atoms with Crippen molar-refractivity contribution in [3.8, 4) is 0 Å². The number of hydrogen-bond donors (Lipinski definition) is 3. The summed E-state index contributed by atoms with van der Waals surface area (Å²) in [5, 5.41) is 3.90. The van der Waals surface area contributed by atoms with Gasteiger partial charge in [0.05, 0.1) is 6.61 Å². The van der Waals surface area contributed by atoms with E-state index in [1.807, 2.05) is 19.1 Å².